The van der Waals surface area contributed by atoms with E-state index in [2.05, 4.69) is 34.5 Å². The van der Waals surface area contributed by atoms with Crippen molar-refractivity contribution in [2.45, 2.75) is 39.7 Å². The molecule has 6 heteroatoms. The molecule has 1 unspecified atom stereocenters. The summed E-state index contributed by atoms with van der Waals surface area (Å²) in [4.78, 5) is 7.32. The van der Waals surface area contributed by atoms with Gasteiger partial charge >= 0.3 is 0 Å². The van der Waals surface area contributed by atoms with Crippen LogP contribution in [0.15, 0.2) is 23.5 Å². The number of nitrogens with zero attached hydrogens (tertiary/aromatic N) is 4. The molecule has 2 heterocycles. The number of rotatable bonds is 8. The SMILES string of the molecule is CCNC(=NCC1CCCN(CC)C1)NCCCn1cccn1. The Morgan fingerprint density at radius 3 is 3.00 bits per heavy atom. The van der Waals surface area contributed by atoms with Gasteiger partial charge in [-0.25, -0.2) is 0 Å². The van der Waals surface area contributed by atoms with E-state index < -0.39 is 0 Å². The molecule has 0 saturated carbocycles. The zero-order valence-electron chi connectivity index (χ0n) is 14.7. The van der Waals surface area contributed by atoms with Gasteiger partial charge in [0.15, 0.2) is 5.96 Å². The van der Waals surface area contributed by atoms with Gasteiger partial charge in [-0.1, -0.05) is 6.92 Å². The van der Waals surface area contributed by atoms with Crippen molar-refractivity contribution in [3.63, 3.8) is 0 Å². The molecule has 1 aliphatic rings. The number of hydrogen-bond acceptors (Lipinski definition) is 3. The average molecular weight is 320 g/mol. The summed E-state index contributed by atoms with van der Waals surface area (Å²) in [5.74, 6) is 1.64. The summed E-state index contributed by atoms with van der Waals surface area (Å²) in [6.45, 7) is 11.6. The third-order valence-electron chi connectivity index (χ3n) is 4.32. The van der Waals surface area contributed by atoms with E-state index in [4.69, 9.17) is 4.99 Å². The number of aryl methyl sites for hydroxylation is 1. The van der Waals surface area contributed by atoms with Crippen LogP contribution in [-0.4, -0.2) is 59.9 Å². The summed E-state index contributed by atoms with van der Waals surface area (Å²) in [5.41, 5.74) is 0. The maximum absolute atomic E-state index is 4.79. The van der Waals surface area contributed by atoms with Gasteiger partial charge in [0.05, 0.1) is 0 Å². The summed E-state index contributed by atoms with van der Waals surface area (Å²) in [7, 11) is 0. The smallest absolute Gasteiger partial charge is 0.191 e. The van der Waals surface area contributed by atoms with E-state index in [9.17, 15) is 0 Å². The van der Waals surface area contributed by atoms with Crippen LogP contribution in [0.1, 0.15) is 33.1 Å². The molecule has 1 atom stereocenters. The first-order valence-corrected chi connectivity index (χ1v) is 9.03. The third kappa shape index (κ3) is 6.60. The van der Waals surface area contributed by atoms with Gasteiger partial charge in [0, 0.05) is 45.1 Å². The zero-order chi connectivity index (χ0) is 16.3. The lowest BCUT2D eigenvalue weighted by atomic mass is 9.98. The van der Waals surface area contributed by atoms with E-state index in [0.29, 0.717) is 5.92 Å². The molecule has 2 N–H and O–H groups in total. The maximum atomic E-state index is 4.79. The van der Waals surface area contributed by atoms with Gasteiger partial charge in [-0.15, -0.1) is 0 Å². The molecule has 6 nitrogen and oxygen atoms in total. The zero-order valence-corrected chi connectivity index (χ0v) is 14.7. The number of nitrogens with one attached hydrogen (secondary N) is 2. The predicted molar refractivity (Wildman–Crippen MR) is 95.7 cm³/mol. The fourth-order valence-corrected chi connectivity index (χ4v) is 3.03. The molecule has 0 aliphatic carbocycles. The van der Waals surface area contributed by atoms with Gasteiger partial charge in [-0.2, -0.15) is 5.10 Å². The Labute approximate surface area is 140 Å². The molecule has 1 aromatic rings. The molecule has 1 aliphatic heterocycles. The first-order chi connectivity index (χ1) is 11.3. The van der Waals surface area contributed by atoms with Crippen LogP contribution in [0.5, 0.6) is 0 Å². The fourth-order valence-electron chi connectivity index (χ4n) is 3.03. The average Bonchev–Trinajstić information content (AvgIpc) is 3.10. The van der Waals surface area contributed by atoms with Gasteiger partial charge in [-0.3, -0.25) is 9.67 Å². The molecule has 23 heavy (non-hydrogen) atoms. The monoisotopic (exact) mass is 320 g/mol. The Bertz CT molecular complexity index is 442. The van der Waals surface area contributed by atoms with Gasteiger partial charge in [-0.05, 0) is 51.3 Å². The Morgan fingerprint density at radius 1 is 1.35 bits per heavy atom. The number of aromatic nitrogens is 2. The van der Waals surface area contributed by atoms with E-state index in [-0.39, 0.29) is 0 Å². The lowest BCUT2D eigenvalue weighted by Crippen LogP contribution is -2.40. The number of guanidine groups is 1. The molecule has 1 aromatic heterocycles. The standard InChI is InChI=1S/C17H32N6/c1-3-18-17(19-9-6-12-23-13-7-10-21-23)20-14-16-8-5-11-22(4-2)15-16/h7,10,13,16H,3-6,8-9,11-12,14-15H2,1-2H3,(H2,18,19,20). The van der Waals surface area contributed by atoms with Crippen molar-refractivity contribution in [2.24, 2.45) is 10.9 Å². The van der Waals surface area contributed by atoms with E-state index >= 15 is 0 Å². The molecule has 0 amide bonds. The van der Waals surface area contributed by atoms with Crippen molar-refractivity contribution in [1.29, 1.82) is 0 Å². The van der Waals surface area contributed by atoms with Crippen LogP contribution >= 0.6 is 0 Å². The Hall–Kier alpha value is -1.56. The number of hydrogen-bond donors (Lipinski definition) is 2. The van der Waals surface area contributed by atoms with Crippen molar-refractivity contribution in [1.82, 2.24) is 25.3 Å². The molecule has 0 spiro atoms. The van der Waals surface area contributed by atoms with E-state index in [1.807, 2.05) is 23.1 Å². The minimum atomic E-state index is 0.697. The third-order valence-corrected chi connectivity index (χ3v) is 4.32. The van der Waals surface area contributed by atoms with Crippen molar-refractivity contribution in [2.75, 3.05) is 39.3 Å². The van der Waals surface area contributed by atoms with Crippen molar-refractivity contribution < 1.29 is 0 Å². The molecule has 0 bridgehead atoms. The largest absolute Gasteiger partial charge is 0.357 e. The highest BCUT2D eigenvalue weighted by atomic mass is 15.3. The first kappa shape index (κ1) is 17.8. The Morgan fingerprint density at radius 2 is 2.26 bits per heavy atom. The quantitative estimate of drug-likeness (QED) is 0.434. The van der Waals surface area contributed by atoms with Crippen molar-refractivity contribution >= 4 is 5.96 Å². The van der Waals surface area contributed by atoms with Crippen LogP contribution in [0.25, 0.3) is 0 Å². The summed E-state index contributed by atoms with van der Waals surface area (Å²) >= 11 is 0. The second kappa shape index (κ2) is 10.3. The lowest BCUT2D eigenvalue weighted by Gasteiger charge is -2.31. The van der Waals surface area contributed by atoms with Crippen molar-refractivity contribution in [3.05, 3.63) is 18.5 Å². The normalized spacial score (nSPS) is 19.7. The van der Waals surface area contributed by atoms with E-state index in [1.165, 1.54) is 25.9 Å². The van der Waals surface area contributed by atoms with Crippen LogP contribution in [0, 0.1) is 5.92 Å². The molecule has 130 valence electrons. The molecule has 0 aromatic carbocycles. The number of piperidine rings is 1. The Balaban J connectivity index is 1.70. The number of aliphatic imine (C=N–C) groups is 1. The van der Waals surface area contributed by atoms with Gasteiger partial charge in [0.2, 0.25) is 0 Å². The highest BCUT2D eigenvalue weighted by molar-refractivity contribution is 5.79. The minimum absolute atomic E-state index is 0.697. The topological polar surface area (TPSA) is 57.5 Å². The van der Waals surface area contributed by atoms with Gasteiger partial charge in [0.1, 0.15) is 0 Å². The summed E-state index contributed by atoms with van der Waals surface area (Å²) in [5, 5.41) is 11.0. The van der Waals surface area contributed by atoms with Gasteiger partial charge in [0.25, 0.3) is 0 Å². The van der Waals surface area contributed by atoms with Crippen LogP contribution in [0.2, 0.25) is 0 Å². The second-order valence-electron chi connectivity index (χ2n) is 6.17. The summed E-state index contributed by atoms with van der Waals surface area (Å²) in [6.07, 6.45) is 7.48. The fraction of sp³-hybridized carbons (Fsp3) is 0.765. The lowest BCUT2D eigenvalue weighted by molar-refractivity contribution is 0.186. The molecule has 0 radical (unpaired) electrons. The van der Waals surface area contributed by atoms with E-state index in [1.54, 1.807) is 0 Å². The molecular weight excluding hydrogens is 288 g/mol. The molecule has 1 saturated heterocycles. The summed E-state index contributed by atoms with van der Waals surface area (Å²) < 4.78 is 1.97. The molecule has 2 rings (SSSR count). The highest BCUT2D eigenvalue weighted by Gasteiger charge is 2.18. The van der Waals surface area contributed by atoms with Crippen molar-refractivity contribution in [3.8, 4) is 0 Å². The number of likely N-dealkylation sites (tertiary alicyclic amines) is 1. The molecular formula is C17H32N6. The second-order valence-corrected chi connectivity index (χ2v) is 6.17. The maximum Gasteiger partial charge on any atom is 0.191 e. The van der Waals surface area contributed by atoms with E-state index in [0.717, 1.165) is 45.1 Å². The minimum Gasteiger partial charge on any atom is -0.357 e. The van der Waals surface area contributed by atoms with Crippen LogP contribution < -0.4 is 10.6 Å². The molecule has 1 fully saturated rings. The van der Waals surface area contributed by atoms with Crippen LogP contribution in [0.3, 0.4) is 0 Å². The Kier molecular flexibility index (Phi) is 7.93. The first-order valence-electron chi connectivity index (χ1n) is 9.03. The summed E-state index contributed by atoms with van der Waals surface area (Å²) in [6, 6.07) is 1.96. The van der Waals surface area contributed by atoms with Gasteiger partial charge < -0.3 is 15.5 Å². The highest BCUT2D eigenvalue weighted by Crippen LogP contribution is 2.16. The van der Waals surface area contributed by atoms with Crippen LogP contribution in [-0.2, 0) is 6.54 Å². The predicted octanol–water partition coefficient (Wildman–Crippen LogP) is 1.56. The van der Waals surface area contributed by atoms with Crippen LogP contribution in [0.4, 0.5) is 0 Å².